The topological polar surface area (TPSA) is 57.5 Å². The number of fused-ring (bicyclic) bond motifs is 2. The maximum Gasteiger partial charge on any atom is 0.144 e. The highest BCUT2D eigenvalue weighted by Gasteiger charge is 2.43. The highest BCUT2D eigenvalue weighted by molar-refractivity contribution is 5.86. The number of hydrogen-bond acceptors (Lipinski definition) is 3. The van der Waals surface area contributed by atoms with Gasteiger partial charge in [-0.05, 0) is 25.7 Å². The molecule has 0 aromatic rings. The average molecular weight is 170 g/mol. The first-order valence-corrected chi connectivity index (χ1v) is 4.60. The van der Waals surface area contributed by atoms with Gasteiger partial charge in [0, 0.05) is 11.8 Å². The highest BCUT2D eigenvalue weighted by Crippen LogP contribution is 2.37. The first-order valence-electron chi connectivity index (χ1n) is 4.60. The third kappa shape index (κ3) is 1.08. The smallest absolute Gasteiger partial charge is 0.144 e. The lowest BCUT2D eigenvalue weighted by atomic mass is 9.68. The second-order valence-corrected chi connectivity index (χ2v) is 3.90. The monoisotopic (exact) mass is 170 g/mol. The molecule has 0 aromatic carbocycles. The number of aliphatic hydroxyl groups is 2. The molecule has 68 valence electrons. The van der Waals surface area contributed by atoms with E-state index in [0.717, 1.165) is 0 Å². The van der Waals surface area contributed by atoms with Crippen molar-refractivity contribution in [1.29, 1.82) is 0 Å². The quantitative estimate of drug-likeness (QED) is 0.542. The molecule has 4 unspecified atom stereocenters. The molecule has 0 heterocycles. The number of hydrogen-bond donors (Lipinski definition) is 2. The van der Waals surface area contributed by atoms with Gasteiger partial charge in [-0.15, -0.1) is 0 Å². The van der Waals surface area contributed by atoms with Crippen LogP contribution in [0.25, 0.3) is 0 Å². The molecule has 4 atom stereocenters. The minimum atomic E-state index is -0.443. The van der Waals surface area contributed by atoms with Crippen molar-refractivity contribution in [3.63, 3.8) is 0 Å². The van der Waals surface area contributed by atoms with Crippen molar-refractivity contribution < 1.29 is 15.0 Å². The summed E-state index contributed by atoms with van der Waals surface area (Å²) in [5, 5.41) is 18.9. The van der Waals surface area contributed by atoms with E-state index in [9.17, 15) is 15.0 Å². The van der Waals surface area contributed by atoms with E-state index in [4.69, 9.17) is 0 Å². The predicted molar refractivity (Wildman–Crippen MR) is 42.5 cm³/mol. The molecule has 0 amide bonds. The second-order valence-electron chi connectivity index (χ2n) is 3.90. The van der Waals surface area contributed by atoms with Crippen LogP contribution >= 0.6 is 0 Å². The fraction of sp³-hybridized carbons (Fsp3) is 0.889. The minimum Gasteiger partial charge on any atom is -0.392 e. The summed E-state index contributed by atoms with van der Waals surface area (Å²) in [7, 11) is 0. The molecule has 2 aliphatic carbocycles. The number of rotatable bonds is 0. The van der Waals surface area contributed by atoms with Gasteiger partial charge in [0.15, 0.2) is 0 Å². The van der Waals surface area contributed by atoms with E-state index in [1.165, 1.54) is 0 Å². The maximum absolute atomic E-state index is 11.5. The molecule has 0 saturated heterocycles. The van der Waals surface area contributed by atoms with Crippen molar-refractivity contribution in [3.05, 3.63) is 0 Å². The van der Waals surface area contributed by atoms with Crippen molar-refractivity contribution in [2.45, 2.75) is 37.9 Å². The van der Waals surface area contributed by atoms with Crippen LogP contribution in [0, 0.1) is 11.8 Å². The third-order valence-electron chi connectivity index (χ3n) is 3.21. The standard InChI is InChI=1S/C9H14O3/c10-7-3-1-5-8(11)4-2-6(7)9(5)12/h5-8,10-11H,1-4H2. The summed E-state index contributed by atoms with van der Waals surface area (Å²) in [5.41, 5.74) is 0. The largest absolute Gasteiger partial charge is 0.392 e. The molecule has 0 aliphatic heterocycles. The fourth-order valence-electron chi connectivity index (χ4n) is 2.43. The zero-order chi connectivity index (χ0) is 8.72. The zero-order valence-electron chi connectivity index (χ0n) is 6.94. The molecule has 2 saturated carbocycles. The minimum absolute atomic E-state index is 0.0903. The van der Waals surface area contributed by atoms with Gasteiger partial charge in [-0.3, -0.25) is 4.79 Å². The van der Waals surface area contributed by atoms with E-state index in [0.29, 0.717) is 25.7 Å². The second kappa shape index (κ2) is 2.82. The summed E-state index contributed by atoms with van der Waals surface area (Å²) >= 11 is 0. The van der Waals surface area contributed by atoms with Gasteiger partial charge in [0.2, 0.25) is 0 Å². The molecular formula is C9H14O3. The van der Waals surface area contributed by atoms with E-state index in [-0.39, 0.29) is 17.6 Å². The van der Waals surface area contributed by atoms with E-state index < -0.39 is 12.2 Å². The van der Waals surface area contributed by atoms with Crippen LogP contribution in [0.2, 0.25) is 0 Å². The molecule has 2 aliphatic rings. The Morgan fingerprint density at radius 1 is 0.917 bits per heavy atom. The lowest BCUT2D eigenvalue weighted by Gasteiger charge is -2.39. The van der Waals surface area contributed by atoms with Gasteiger partial charge in [-0.2, -0.15) is 0 Å². The summed E-state index contributed by atoms with van der Waals surface area (Å²) in [6.07, 6.45) is 1.80. The lowest BCUT2D eigenvalue weighted by molar-refractivity contribution is -0.144. The molecule has 3 nitrogen and oxygen atoms in total. The number of aliphatic hydroxyl groups excluding tert-OH is 2. The Bertz CT molecular complexity index is 182. The Kier molecular flexibility index (Phi) is 1.93. The van der Waals surface area contributed by atoms with Crippen molar-refractivity contribution in [2.75, 3.05) is 0 Å². The van der Waals surface area contributed by atoms with Crippen molar-refractivity contribution in [3.8, 4) is 0 Å². The van der Waals surface area contributed by atoms with Crippen LogP contribution in [-0.4, -0.2) is 28.2 Å². The van der Waals surface area contributed by atoms with Crippen LogP contribution in [0.1, 0.15) is 25.7 Å². The van der Waals surface area contributed by atoms with E-state index >= 15 is 0 Å². The third-order valence-corrected chi connectivity index (χ3v) is 3.21. The van der Waals surface area contributed by atoms with Crippen LogP contribution in [-0.2, 0) is 4.79 Å². The first-order chi connectivity index (χ1) is 5.70. The molecule has 0 spiro atoms. The normalized spacial score (nSPS) is 47.7. The van der Waals surface area contributed by atoms with Gasteiger partial charge in [0.05, 0.1) is 12.2 Å². The van der Waals surface area contributed by atoms with Crippen molar-refractivity contribution in [1.82, 2.24) is 0 Å². The zero-order valence-corrected chi connectivity index (χ0v) is 6.94. The summed E-state index contributed by atoms with van der Waals surface area (Å²) in [5.74, 6) is -0.258. The van der Waals surface area contributed by atoms with Crippen LogP contribution in [0.4, 0.5) is 0 Å². The Labute approximate surface area is 71.4 Å². The van der Waals surface area contributed by atoms with E-state index in [1.807, 2.05) is 0 Å². The van der Waals surface area contributed by atoms with Gasteiger partial charge >= 0.3 is 0 Å². The van der Waals surface area contributed by atoms with E-state index in [1.54, 1.807) is 0 Å². The van der Waals surface area contributed by atoms with Crippen molar-refractivity contribution in [2.24, 2.45) is 11.8 Å². The molecule has 12 heavy (non-hydrogen) atoms. The van der Waals surface area contributed by atoms with Crippen molar-refractivity contribution >= 4 is 5.78 Å². The Morgan fingerprint density at radius 2 is 1.33 bits per heavy atom. The Hall–Kier alpha value is -0.410. The van der Waals surface area contributed by atoms with Gasteiger partial charge in [0.1, 0.15) is 5.78 Å². The fourth-order valence-corrected chi connectivity index (χ4v) is 2.43. The molecule has 0 radical (unpaired) electrons. The van der Waals surface area contributed by atoms with Gasteiger partial charge in [0.25, 0.3) is 0 Å². The molecule has 0 aromatic heterocycles. The number of carbonyl (C=O) groups excluding carboxylic acids is 1. The molecule has 2 bridgehead atoms. The molecule has 3 heteroatoms. The molecule has 2 N–H and O–H groups in total. The first kappa shape index (κ1) is 8.20. The Morgan fingerprint density at radius 3 is 1.75 bits per heavy atom. The van der Waals surface area contributed by atoms with Gasteiger partial charge in [-0.1, -0.05) is 0 Å². The van der Waals surface area contributed by atoms with Crippen LogP contribution in [0.3, 0.4) is 0 Å². The predicted octanol–water partition coefficient (Wildman–Crippen LogP) is 0.0973. The van der Waals surface area contributed by atoms with Gasteiger partial charge in [-0.25, -0.2) is 0 Å². The number of carbonyl (C=O) groups is 1. The summed E-state index contributed by atoms with van der Waals surface area (Å²) in [6, 6.07) is 0. The van der Waals surface area contributed by atoms with Gasteiger partial charge < -0.3 is 10.2 Å². The summed E-state index contributed by atoms with van der Waals surface area (Å²) < 4.78 is 0. The van der Waals surface area contributed by atoms with Crippen LogP contribution in [0.15, 0.2) is 0 Å². The maximum atomic E-state index is 11.5. The molecule has 2 rings (SSSR count). The SMILES string of the molecule is O=C1C2CCC(O)C1CCC2O. The Balaban J connectivity index is 2.18. The summed E-state index contributed by atoms with van der Waals surface area (Å²) in [4.78, 5) is 11.5. The number of ketones is 1. The van der Waals surface area contributed by atoms with Crippen LogP contribution in [0.5, 0.6) is 0 Å². The number of Topliss-reactive ketones (excluding diaryl/α,β-unsaturated/α-hetero) is 1. The summed E-state index contributed by atoms with van der Waals surface area (Å²) in [6.45, 7) is 0. The average Bonchev–Trinajstić information content (AvgIpc) is 2.01. The van der Waals surface area contributed by atoms with E-state index in [2.05, 4.69) is 0 Å². The molecule has 2 fully saturated rings. The molecular weight excluding hydrogens is 156 g/mol. The highest BCUT2D eigenvalue weighted by atomic mass is 16.3. The van der Waals surface area contributed by atoms with Crippen LogP contribution < -0.4 is 0 Å². The lowest BCUT2D eigenvalue weighted by Crippen LogP contribution is -2.47.